The lowest BCUT2D eigenvalue weighted by atomic mass is 9.98. The fraction of sp³-hybridized carbons (Fsp3) is 0.481. The number of alkyl carbamates (subject to hydrolysis) is 1. The SMILES string of the molecule is CC(C)CC(NC(C)CC1=C[N@+](C(=O)NC(=O)OC(C)(C)C)(c2ccc([N+](=O)[O-])cc2[N+](=O)[O-])C=N1)[C@@H](O)c1nccs1. The predicted octanol–water partition coefficient (Wildman–Crippen LogP) is 5.31. The van der Waals surface area contributed by atoms with E-state index in [1.165, 1.54) is 17.5 Å². The molecule has 0 aliphatic carbocycles. The van der Waals surface area contributed by atoms with Crippen molar-refractivity contribution in [3.63, 3.8) is 0 Å². The number of rotatable bonds is 11. The van der Waals surface area contributed by atoms with Gasteiger partial charge < -0.3 is 15.2 Å². The van der Waals surface area contributed by atoms with Gasteiger partial charge in [0.05, 0.1) is 9.85 Å². The van der Waals surface area contributed by atoms with Gasteiger partial charge >= 0.3 is 17.8 Å². The third kappa shape index (κ3) is 8.47. The van der Waals surface area contributed by atoms with Crippen molar-refractivity contribution >= 4 is 46.9 Å². The lowest BCUT2D eigenvalue weighted by Crippen LogP contribution is -2.55. The highest BCUT2D eigenvalue weighted by Gasteiger charge is 2.47. The Hall–Kier alpha value is -4.12. The highest BCUT2D eigenvalue weighted by molar-refractivity contribution is 7.09. The first-order valence-electron chi connectivity index (χ1n) is 13.5. The zero-order chi connectivity index (χ0) is 32.1. The number of carbonyl (C=O) groups is 2. The van der Waals surface area contributed by atoms with Crippen LogP contribution in [0.1, 0.15) is 65.5 Å². The number of ether oxygens (including phenoxy) is 1. The number of thiazole rings is 1. The molecular weight excluding hydrogens is 582 g/mol. The number of amides is 3. The van der Waals surface area contributed by atoms with Crippen molar-refractivity contribution in [1.29, 1.82) is 0 Å². The van der Waals surface area contributed by atoms with Crippen molar-refractivity contribution in [3.8, 4) is 0 Å². The molecule has 0 saturated carbocycles. The zero-order valence-corrected chi connectivity index (χ0v) is 25.5. The summed E-state index contributed by atoms with van der Waals surface area (Å²) in [6, 6.07) is 1.18. The Balaban J connectivity index is 1.97. The number of non-ortho nitro benzene ring substituents is 1. The molecule has 0 radical (unpaired) electrons. The molecule has 16 heteroatoms. The summed E-state index contributed by atoms with van der Waals surface area (Å²) in [7, 11) is 0. The van der Waals surface area contributed by atoms with Gasteiger partial charge in [0.2, 0.25) is 12.0 Å². The third-order valence-electron chi connectivity index (χ3n) is 6.29. The largest absolute Gasteiger partial charge is 0.443 e. The number of urea groups is 1. The van der Waals surface area contributed by atoms with Crippen LogP contribution in [0.2, 0.25) is 0 Å². The number of aromatic nitrogens is 1. The first-order valence-corrected chi connectivity index (χ1v) is 14.4. The van der Waals surface area contributed by atoms with Crippen LogP contribution in [0.25, 0.3) is 0 Å². The monoisotopic (exact) mass is 618 g/mol. The van der Waals surface area contributed by atoms with E-state index in [-0.39, 0.29) is 30.1 Å². The summed E-state index contributed by atoms with van der Waals surface area (Å²) in [6.07, 6.45) is 3.00. The van der Waals surface area contributed by atoms with Crippen LogP contribution in [-0.2, 0) is 4.74 Å². The van der Waals surface area contributed by atoms with Gasteiger partial charge in [-0.05, 0) is 40.0 Å². The standard InChI is InChI=1S/C27H35N7O8S/c1-16(2)11-20(23(35)24-28-9-10-43-24)30-17(3)12-18-14-34(15-29-18,25(36)31-26(37)42-27(4,5)6)22-8-7-19(32(38)39)13-21(22)33(40)41/h7-10,13-17,20,23,30,35H,11-12H2,1-6H3/p+1/t17?,20?,23-,34-/m1/s1. The minimum atomic E-state index is -1.09. The maximum Gasteiger partial charge on any atom is 0.441 e. The van der Waals surface area contributed by atoms with E-state index in [0.29, 0.717) is 17.1 Å². The van der Waals surface area contributed by atoms with E-state index in [1.54, 1.807) is 32.3 Å². The Morgan fingerprint density at radius 3 is 2.42 bits per heavy atom. The molecule has 1 aromatic carbocycles. The number of aliphatic imine (C=N–C) groups is 1. The van der Waals surface area contributed by atoms with Crippen LogP contribution in [-0.4, -0.2) is 56.1 Å². The summed E-state index contributed by atoms with van der Waals surface area (Å²) in [5.74, 6) is 0.256. The van der Waals surface area contributed by atoms with Gasteiger partial charge in [0.15, 0.2) is 0 Å². The van der Waals surface area contributed by atoms with Crippen LogP contribution < -0.4 is 15.1 Å². The quantitative estimate of drug-likeness (QED) is 0.168. The Morgan fingerprint density at radius 2 is 1.86 bits per heavy atom. The molecule has 3 N–H and O–H groups in total. The average Bonchev–Trinajstić information content (AvgIpc) is 3.57. The number of aliphatic hydroxyl groups is 1. The number of nitro groups is 2. The first kappa shape index (κ1) is 33.4. The van der Waals surface area contributed by atoms with Gasteiger partial charge in [-0.3, -0.25) is 20.2 Å². The van der Waals surface area contributed by atoms with Gasteiger partial charge in [-0.25, -0.2) is 24.9 Å². The minimum absolute atomic E-state index is 0.232. The highest BCUT2D eigenvalue weighted by Crippen LogP contribution is 2.39. The van der Waals surface area contributed by atoms with Crippen molar-refractivity contribution in [2.75, 3.05) is 0 Å². The van der Waals surface area contributed by atoms with Gasteiger partial charge in [-0.1, -0.05) is 13.8 Å². The molecule has 0 saturated heterocycles. The number of hydrogen-bond donors (Lipinski definition) is 3. The number of quaternary nitrogens is 1. The van der Waals surface area contributed by atoms with Crippen molar-refractivity contribution < 1.29 is 29.3 Å². The van der Waals surface area contributed by atoms with Gasteiger partial charge in [0.1, 0.15) is 34.7 Å². The molecule has 15 nitrogen and oxygen atoms in total. The molecule has 0 fully saturated rings. The van der Waals surface area contributed by atoms with Crippen molar-refractivity contribution in [1.82, 2.24) is 20.1 Å². The molecule has 3 rings (SSSR count). The predicted molar refractivity (Wildman–Crippen MR) is 160 cm³/mol. The molecule has 4 atom stereocenters. The van der Waals surface area contributed by atoms with Gasteiger partial charge in [-0.15, -0.1) is 15.8 Å². The van der Waals surface area contributed by atoms with Crippen LogP contribution in [0.15, 0.2) is 46.7 Å². The van der Waals surface area contributed by atoms with Crippen molar-refractivity contribution in [2.45, 2.75) is 78.2 Å². The highest BCUT2D eigenvalue weighted by atomic mass is 32.1. The van der Waals surface area contributed by atoms with Crippen LogP contribution in [0.5, 0.6) is 0 Å². The summed E-state index contributed by atoms with van der Waals surface area (Å²) in [4.78, 5) is 56.4. The third-order valence-corrected chi connectivity index (χ3v) is 7.14. The number of nitrogens with one attached hydrogen (secondary N) is 2. The van der Waals surface area contributed by atoms with Crippen LogP contribution >= 0.6 is 11.3 Å². The molecule has 1 aliphatic heterocycles. The summed E-state index contributed by atoms with van der Waals surface area (Å²) < 4.78 is 4.14. The van der Waals surface area contributed by atoms with Gasteiger partial charge in [0.25, 0.3) is 5.69 Å². The van der Waals surface area contributed by atoms with E-state index < -0.39 is 49.5 Å². The van der Waals surface area contributed by atoms with E-state index in [1.807, 2.05) is 20.8 Å². The molecule has 1 aliphatic rings. The average molecular weight is 619 g/mol. The molecule has 0 bridgehead atoms. The zero-order valence-electron chi connectivity index (χ0n) is 24.7. The van der Waals surface area contributed by atoms with Crippen LogP contribution in [0.3, 0.4) is 0 Å². The second-order valence-electron chi connectivity index (χ2n) is 11.6. The number of aliphatic hydroxyl groups excluding tert-OH is 1. The molecule has 2 unspecified atom stereocenters. The fourth-order valence-electron chi connectivity index (χ4n) is 4.58. The lowest BCUT2D eigenvalue weighted by molar-refractivity contribution is -0.393. The van der Waals surface area contributed by atoms with E-state index in [4.69, 9.17) is 4.74 Å². The molecule has 2 aromatic rings. The number of benzene rings is 1. The molecule has 1 aromatic heterocycles. The maximum absolute atomic E-state index is 13.6. The lowest BCUT2D eigenvalue weighted by Gasteiger charge is -2.28. The molecular formula is C27H36N7O8S+. The molecule has 232 valence electrons. The molecule has 2 heterocycles. The van der Waals surface area contributed by atoms with E-state index in [9.17, 15) is 34.9 Å². The number of nitrogens with zero attached hydrogens (tertiary/aromatic N) is 5. The molecule has 3 amide bonds. The smallest absolute Gasteiger partial charge is 0.441 e. The van der Waals surface area contributed by atoms with Crippen LogP contribution in [0.4, 0.5) is 26.7 Å². The second-order valence-corrected chi connectivity index (χ2v) is 12.5. The Kier molecular flexibility index (Phi) is 10.4. The summed E-state index contributed by atoms with van der Waals surface area (Å²) in [6.45, 7) is 10.7. The van der Waals surface area contributed by atoms with Gasteiger partial charge in [0, 0.05) is 42.2 Å². The number of imide groups is 1. The van der Waals surface area contributed by atoms with E-state index in [0.717, 1.165) is 24.5 Å². The first-order chi connectivity index (χ1) is 20.0. The number of nitro benzene ring substituents is 2. The summed E-state index contributed by atoms with van der Waals surface area (Å²) in [5, 5.41) is 42.2. The van der Waals surface area contributed by atoms with Gasteiger partial charge in [-0.2, -0.15) is 0 Å². The Morgan fingerprint density at radius 1 is 1.16 bits per heavy atom. The van der Waals surface area contributed by atoms with E-state index in [2.05, 4.69) is 20.6 Å². The Labute approximate surface area is 252 Å². The maximum atomic E-state index is 13.6. The Bertz CT molecular complexity index is 1420. The van der Waals surface area contributed by atoms with Crippen molar-refractivity contribution in [2.24, 2.45) is 10.9 Å². The second kappa shape index (κ2) is 13.5. The minimum Gasteiger partial charge on any atom is -0.443 e. The normalized spacial score (nSPS) is 18.6. The van der Waals surface area contributed by atoms with E-state index >= 15 is 0 Å². The van der Waals surface area contributed by atoms with Crippen LogP contribution in [0, 0.1) is 26.1 Å². The summed E-state index contributed by atoms with van der Waals surface area (Å²) in [5.41, 5.74) is -2.13. The number of carbonyl (C=O) groups excluding carboxylic acids is 2. The molecule has 0 spiro atoms. The fourth-order valence-corrected chi connectivity index (χ4v) is 5.27. The summed E-state index contributed by atoms with van der Waals surface area (Å²) >= 11 is 1.34. The molecule has 43 heavy (non-hydrogen) atoms. The topological polar surface area (TPSA) is 199 Å². The van der Waals surface area contributed by atoms with Crippen molar-refractivity contribution in [3.05, 3.63) is 66.9 Å². The number of hydrogen-bond acceptors (Lipinski definition) is 12.